The second kappa shape index (κ2) is 4.27. The minimum Gasteiger partial charge on any atom is -0.357 e. The minimum absolute atomic E-state index is 0.0663. The SMILES string of the molecule is CC[C@H]1C[N+]2(C)CC[C@]34C(=C(C=O)[C@H]1C[C@@H]32)Nc1ccccc14. The van der Waals surface area contributed by atoms with Gasteiger partial charge in [-0.15, -0.1) is 0 Å². The van der Waals surface area contributed by atoms with E-state index in [1.165, 1.54) is 60.1 Å². The number of carbonyl (C=O) groups is 1. The standard InChI is InChI=1S/C20H24N2O/c1-3-13-11-22(2)9-8-20-16-6-4-5-7-17(16)21-19(20)15(12-23)14(13)10-18(20)22/h4-7,12-14,18H,3,8-11H2,1-2H3/p+1/t13-,14-,18-,20+,22?/m0/s1. The molecule has 120 valence electrons. The predicted octanol–water partition coefficient (Wildman–Crippen LogP) is 3.08. The summed E-state index contributed by atoms with van der Waals surface area (Å²) in [6.07, 6.45) is 4.71. The molecule has 3 heterocycles. The molecule has 2 bridgehead atoms. The second-order valence-electron chi connectivity index (χ2n) is 8.25. The van der Waals surface area contributed by atoms with Gasteiger partial charge in [0, 0.05) is 41.6 Å². The Hall–Kier alpha value is -1.61. The van der Waals surface area contributed by atoms with Crippen molar-refractivity contribution < 1.29 is 9.28 Å². The molecular weight excluding hydrogens is 284 g/mol. The molecule has 5 atom stereocenters. The maximum absolute atomic E-state index is 12.1. The van der Waals surface area contributed by atoms with Gasteiger partial charge in [-0.1, -0.05) is 25.1 Å². The van der Waals surface area contributed by atoms with Crippen LogP contribution in [0.5, 0.6) is 0 Å². The third-order valence-corrected chi connectivity index (χ3v) is 7.49. The number of hydrogen-bond donors (Lipinski definition) is 1. The van der Waals surface area contributed by atoms with E-state index in [1.807, 2.05) is 0 Å². The molecule has 0 saturated carbocycles. The van der Waals surface area contributed by atoms with Crippen LogP contribution in [0.4, 0.5) is 5.69 Å². The van der Waals surface area contributed by atoms with Crippen LogP contribution in [0.15, 0.2) is 35.5 Å². The Morgan fingerprint density at radius 3 is 3.00 bits per heavy atom. The van der Waals surface area contributed by atoms with Crippen molar-refractivity contribution in [2.24, 2.45) is 11.8 Å². The number of quaternary nitrogens is 1. The van der Waals surface area contributed by atoms with Crippen molar-refractivity contribution in [2.75, 3.05) is 25.5 Å². The molecule has 1 unspecified atom stereocenters. The molecule has 1 aliphatic carbocycles. The number of rotatable bonds is 2. The van der Waals surface area contributed by atoms with Crippen LogP contribution in [0.2, 0.25) is 0 Å². The number of allylic oxidation sites excluding steroid dienone is 1. The number of nitrogens with one attached hydrogen (secondary N) is 1. The molecule has 3 heteroatoms. The molecule has 1 aromatic rings. The van der Waals surface area contributed by atoms with Gasteiger partial charge in [-0.25, -0.2) is 0 Å². The Morgan fingerprint density at radius 1 is 1.39 bits per heavy atom. The number of likely N-dealkylation sites (N-methyl/N-ethyl adjacent to an activating group) is 1. The van der Waals surface area contributed by atoms with Crippen LogP contribution in [0, 0.1) is 11.8 Å². The maximum Gasteiger partial charge on any atom is 0.148 e. The number of piperidine rings is 1. The van der Waals surface area contributed by atoms with Crippen molar-refractivity contribution in [3.63, 3.8) is 0 Å². The van der Waals surface area contributed by atoms with E-state index < -0.39 is 0 Å². The smallest absolute Gasteiger partial charge is 0.148 e. The van der Waals surface area contributed by atoms with Crippen molar-refractivity contribution in [2.45, 2.75) is 37.6 Å². The molecule has 2 saturated heterocycles. The van der Waals surface area contributed by atoms with E-state index in [9.17, 15) is 4.79 Å². The summed E-state index contributed by atoms with van der Waals surface area (Å²) in [6.45, 7) is 4.76. The molecule has 5 rings (SSSR count). The first-order chi connectivity index (χ1) is 11.1. The van der Waals surface area contributed by atoms with Crippen LogP contribution < -0.4 is 5.32 Å². The van der Waals surface area contributed by atoms with Gasteiger partial charge in [-0.05, 0) is 18.1 Å². The summed E-state index contributed by atoms with van der Waals surface area (Å²) < 4.78 is 1.20. The van der Waals surface area contributed by atoms with E-state index in [2.05, 4.69) is 43.6 Å². The first-order valence-electron chi connectivity index (χ1n) is 9.04. The van der Waals surface area contributed by atoms with Crippen molar-refractivity contribution >= 4 is 12.0 Å². The fourth-order valence-electron chi connectivity index (χ4n) is 6.48. The quantitative estimate of drug-likeness (QED) is 0.672. The van der Waals surface area contributed by atoms with Crippen LogP contribution in [-0.4, -0.2) is 36.9 Å². The Morgan fingerprint density at radius 2 is 2.22 bits per heavy atom. The second-order valence-corrected chi connectivity index (χ2v) is 8.25. The molecule has 1 N–H and O–H groups in total. The Kier molecular flexibility index (Phi) is 2.56. The fraction of sp³-hybridized carbons (Fsp3) is 0.550. The molecule has 23 heavy (non-hydrogen) atoms. The maximum atomic E-state index is 12.1. The zero-order chi connectivity index (χ0) is 15.8. The van der Waals surface area contributed by atoms with Crippen LogP contribution in [0.1, 0.15) is 31.7 Å². The van der Waals surface area contributed by atoms with Gasteiger partial charge < -0.3 is 9.80 Å². The van der Waals surface area contributed by atoms with Gasteiger partial charge >= 0.3 is 0 Å². The van der Waals surface area contributed by atoms with E-state index in [0.29, 0.717) is 17.9 Å². The van der Waals surface area contributed by atoms with E-state index >= 15 is 0 Å². The highest BCUT2D eigenvalue weighted by atomic mass is 16.1. The fourth-order valence-corrected chi connectivity index (χ4v) is 6.48. The highest BCUT2D eigenvalue weighted by Gasteiger charge is 2.67. The van der Waals surface area contributed by atoms with E-state index in [0.717, 1.165) is 5.57 Å². The largest absolute Gasteiger partial charge is 0.357 e. The van der Waals surface area contributed by atoms with Crippen molar-refractivity contribution in [1.82, 2.24) is 0 Å². The lowest BCUT2D eigenvalue weighted by Gasteiger charge is -2.53. The normalized spacial score (nSPS) is 43.0. The lowest BCUT2D eigenvalue weighted by molar-refractivity contribution is -0.933. The summed E-state index contributed by atoms with van der Waals surface area (Å²) in [5.74, 6) is 1.10. The highest BCUT2D eigenvalue weighted by molar-refractivity contribution is 5.83. The molecule has 0 aromatic heterocycles. The summed E-state index contributed by atoms with van der Waals surface area (Å²) >= 11 is 0. The number of para-hydroxylation sites is 1. The van der Waals surface area contributed by atoms with Crippen molar-refractivity contribution in [3.8, 4) is 0 Å². The molecule has 0 amide bonds. The van der Waals surface area contributed by atoms with Gasteiger partial charge in [-0.2, -0.15) is 0 Å². The van der Waals surface area contributed by atoms with E-state index in [4.69, 9.17) is 0 Å². The van der Waals surface area contributed by atoms with Gasteiger partial charge in [0.15, 0.2) is 0 Å². The Labute approximate surface area is 138 Å². The monoisotopic (exact) mass is 309 g/mol. The Bertz CT molecular complexity index is 739. The first-order valence-corrected chi connectivity index (χ1v) is 9.04. The number of nitrogens with zero attached hydrogens (tertiary/aromatic N) is 1. The van der Waals surface area contributed by atoms with Gasteiger partial charge in [0.1, 0.15) is 12.3 Å². The van der Waals surface area contributed by atoms with Crippen molar-refractivity contribution in [1.29, 1.82) is 0 Å². The molecule has 3 aliphatic heterocycles. The lowest BCUT2D eigenvalue weighted by Crippen LogP contribution is -2.63. The molecule has 1 aromatic carbocycles. The molecule has 3 nitrogen and oxygen atoms in total. The van der Waals surface area contributed by atoms with Crippen LogP contribution in [0.3, 0.4) is 0 Å². The summed E-state index contributed by atoms with van der Waals surface area (Å²) in [5.41, 5.74) is 5.08. The lowest BCUT2D eigenvalue weighted by atomic mass is 9.60. The zero-order valence-corrected chi connectivity index (χ0v) is 14.0. The van der Waals surface area contributed by atoms with Gasteiger partial charge in [0.25, 0.3) is 0 Å². The number of fused-ring (bicyclic) bond motifs is 2. The molecule has 2 fully saturated rings. The molecule has 0 radical (unpaired) electrons. The van der Waals surface area contributed by atoms with Gasteiger partial charge in [0.05, 0.1) is 25.6 Å². The summed E-state index contributed by atoms with van der Waals surface area (Å²) in [5, 5.41) is 3.68. The number of carbonyl (C=O) groups excluding carboxylic acids is 1. The topological polar surface area (TPSA) is 29.1 Å². The third-order valence-electron chi connectivity index (χ3n) is 7.49. The van der Waals surface area contributed by atoms with E-state index in [-0.39, 0.29) is 5.41 Å². The minimum atomic E-state index is 0.0663. The van der Waals surface area contributed by atoms with Gasteiger partial charge in [-0.3, -0.25) is 4.79 Å². The third kappa shape index (κ3) is 1.43. The molecule has 1 spiro atoms. The van der Waals surface area contributed by atoms with Crippen molar-refractivity contribution in [3.05, 3.63) is 41.1 Å². The molecule has 4 aliphatic rings. The summed E-state index contributed by atoms with van der Waals surface area (Å²) in [4.78, 5) is 12.1. The zero-order valence-electron chi connectivity index (χ0n) is 14.0. The average molecular weight is 309 g/mol. The summed E-state index contributed by atoms with van der Waals surface area (Å²) in [6, 6.07) is 9.36. The number of hydrogen-bond acceptors (Lipinski definition) is 2. The first kappa shape index (κ1) is 13.8. The molecular formula is C20H25N2O+. The van der Waals surface area contributed by atoms with Crippen LogP contribution >= 0.6 is 0 Å². The average Bonchev–Trinajstić information content (AvgIpc) is 3.08. The van der Waals surface area contributed by atoms with Crippen LogP contribution in [-0.2, 0) is 10.2 Å². The highest BCUT2D eigenvalue weighted by Crippen LogP contribution is 2.62. The summed E-state index contributed by atoms with van der Waals surface area (Å²) in [7, 11) is 2.46. The Balaban J connectivity index is 1.81. The number of anilines is 1. The van der Waals surface area contributed by atoms with E-state index in [1.54, 1.807) is 0 Å². The number of aldehydes is 1. The number of benzene rings is 1. The van der Waals surface area contributed by atoms with Crippen LogP contribution in [0.25, 0.3) is 0 Å². The van der Waals surface area contributed by atoms with Gasteiger partial charge in [0.2, 0.25) is 0 Å². The predicted molar refractivity (Wildman–Crippen MR) is 91.0 cm³/mol.